The van der Waals surface area contributed by atoms with Crippen LogP contribution in [-0.2, 0) is 6.54 Å². The van der Waals surface area contributed by atoms with Crippen molar-refractivity contribution >= 4 is 29.9 Å². The molecule has 23 heavy (non-hydrogen) atoms. The number of guanidine groups is 1. The fourth-order valence-corrected chi connectivity index (χ4v) is 2.80. The Morgan fingerprint density at radius 3 is 2.91 bits per heavy atom. The van der Waals surface area contributed by atoms with Gasteiger partial charge in [-0.3, -0.25) is 9.88 Å². The van der Waals surface area contributed by atoms with E-state index in [0.29, 0.717) is 12.6 Å². The fraction of sp³-hybridized carbons (Fsp3) is 0.647. The van der Waals surface area contributed by atoms with Crippen LogP contribution in [-0.4, -0.2) is 48.1 Å². The van der Waals surface area contributed by atoms with Crippen molar-refractivity contribution in [1.29, 1.82) is 0 Å². The van der Waals surface area contributed by atoms with Crippen molar-refractivity contribution in [1.82, 2.24) is 20.5 Å². The van der Waals surface area contributed by atoms with Crippen molar-refractivity contribution in [3.8, 4) is 0 Å². The highest BCUT2D eigenvalue weighted by Crippen LogP contribution is 2.15. The molecular weight excluding hydrogens is 401 g/mol. The van der Waals surface area contributed by atoms with E-state index in [9.17, 15) is 0 Å². The Hall–Kier alpha value is -0.890. The molecule has 0 saturated carbocycles. The normalized spacial score (nSPS) is 19.0. The van der Waals surface area contributed by atoms with Gasteiger partial charge in [-0.2, -0.15) is 0 Å². The second kappa shape index (κ2) is 11.6. The summed E-state index contributed by atoms with van der Waals surface area (Å²) in [7, 11) is 0. The van der Waals surface area contributed by atoms with E-state index in [4.69, 9.17) is 0 Å². The number of hydrogen-bond acceptors (Lipinski definition) is 3. The number of rotatable bonds is 6. The van der Waals surface area contributed by atoms with Crippen molar-refractivity contribution in [3.05, 3.63) is 30.1 Å². The number of halogens is 1. The van der Waals surface area contributed by atoms with Gasteiger partial charge in [0.1, 0.15) is 0 Å². The second-order valence-electron chi connectivity index (χ2n) is 5.82. The van der Waals surface area contributed by atoms with Crippen LogP contribution in [0.1, 0.15) is 38.8 Å². The Balaban J connectivity index is 0.00000264. The summed E-state index contributed by atoms with van der Waals surface area (Å²) in [5.74, 6) is 0.873. The highest BCUT2D eigenvalue weighted by molar-refractivity contribution is 14.0. The van der Waals surface area contributed by atoms with E-state index >= 15 is 0 Å². The average molecular weight is 431 g/mol. The van der Waals surface area contributed by atoms with E-state index < -0.39 is 0 Å². The van der Waals surface area contributed by atoms with E-state index in [1.165, 1.54) is 25.8 Å². The van der Waals surface area contributed by atoms with Crippen molar-refractivity contribution in [2.45, 2.75) is 45.7 Å². The summed E-state index contributed by atoms with van der Waals surface area (Å²) in [4.78, 5) is 11.5. The molecule has 0 spiro atoms. The van der Waals surface area contributed by atoms with Crippen molar-refractivity contribution < 1.29 is 0 Å². The Bertz CT molecular complexity index is 452. The Morgan fingerprint density at radius 1 is 1.35 bits per heavy atom. The fourth-order valence-electron chi connectivity index (χ4n) is 2.80. The number of piperidine rings is 1. The molecule has 0 amide bonds. The summed E-state index contributed by atoms with van der Waals surface area (Å²) in [5, 5.41) is 6.72. The van der Waals surface area contributed by atoms with Crippen LogP contribution < -0.4 is 10.6 Å². The summed E-state index contributed by atoms with van der Waals surface area (Å²) in [5.41, 5.74) is 0.990. The first-order valence-corrected chi connectivity index (χ1v) is 8.45. The highest BCUT2D eigenvalue weighted by Gasteiger charge is 2.17. The van der Waals surface area contributed by atoms with Gasteiger partial charge in [0.2, 0.25) is 0 Å². The molecule has 0 bridgehead atoms. The van der Waals surface area contributed by atoms with Crippen LogP contribution in [0.4, 0.5) is 0 Å². The SMILES string of the molecule is CCNC(=NCc1ccccn1)NCCN1CCCCC1C.I. The molecule has 130 valence electrons. The van der Waals surface area contributed by atoms with Gasteiger partial charge in [-0.25, -0.2) is 4.99 Å². The van der Waals surface area contributed by atoms with Crippen molar-refractivity contribution in [2.75, 3.05) is 26.2 Å². The standard InChI is InChI=1S/C17H29N5.HI/c1-3-18-17(21-14-16-9-4-6-10-19-16)20-11-13-22-12-7-5-8-15(22)2;/h4,6,9-10,15H,3,5,7-8,11-14H2,1-2H3,(H2,18,20,21);1H. The lowest BCUT2D eigenvalue weighted by atomic mass is 10.0. The molecular formula is C17H30IN5. The summed E-state index contributed by atoms with van der Waals surface area (Å²) >= 11 is 0. The molecule has 1 unspecified atom stereocenters. The van der Waals surface area contributed by atoms with Gasteiger partial charge < -0.3 is 10.6 Å². The number of hydrogen-bond donors (Lipinski definition) is 2. The number of aromatic nitrogens is 1. The molecule has 5 nitrogen and oxygen atoms in total. The van der Waals surface area contributed by atoms with Gasteiger partial charge in [-0.1, -0.05) is 12.5 Å². The molecule has 2 rings (SSSR count). The smallest absolute Gasteiger partial charge is 0.191 e. The molecule has 0 aromatic carbocycles. The first-order valence-electron chi connectivity index (χ1n) is 8.45. The second-order valence-corrected chi connectivity index (χ2v) is 5.82. The minimum Gasteiger partial charge on any atom is -0.357 e. The van der Waals surface area contributed by atoms with Gasteiger partial charge in [-0.15, -0.1) is 24.0 Å². The lowest BCUT2D eigenvalue weighted by molar-refractivity contribution is 0.163. The van der Waals surface area contributed by atoms with Crippen LogP contribution in [0.3, 0.4) is 0 Å². The molecule has 0 radical (unpaired) electrons. The molecule has 1 fully saturated rings. The summed E-state index contributed by atoms with van der Waals surface area (Å²) in [6, 6.07) is 6.64. The van der Waals surface area contributed by atoms with Crippen LogP contribution in [0.15, 0.2) is 29.4 Å². The Kier molecular flexibility index (Phi) is 10.2. The number of likely N-dealkylation sites (tertiary alicyclic amines) is 1. The molecule has 1 atom stereocenters. The van der Waals surface area contributed by atoms with Crippen molar-refractivity contribution in [2.24, 2.45) is 4.99 Å². The molecule has 1 aromatic rings. The van der Waals surface area contributed by atoms with Crippen LogP contribution in [0.5, 0.6) is 0 Å². The highest BCUT2D eigenvalue weighted by atomic mass is 127. The Labute approximate surface area is 157 Å². The minimum absolute atomic E-state index is 0. The van der Waals surface area contributed by atoms with E-state index in [-0.39, 0.29) is 24.0 Å². The topological polar surface area (TPSA) is 52.6 Å². The maximum absolute atomic E-state index is 4.60. The van der Waals surface area contributed by atoms with Crippen LogP contribution in [0.2, 0.25) is 0 Å². The van der Waals surface area contributed by atoms with Crippen LogP contribution in [0.25, 0.3) is 0 Å². The van der Waals surface area contributed by atoms with E-state index in [1.54, 1.807) is 0 Å². The molecule has 1 aromatic heterocycles. The van der Waals surface area contributed by atoms with Gasteiger partial charge >= 0.3 is 0 Å². The molecule has 2 N–H and O–H groups in total. The largest absolute Gasteiger partial charge is 0.357 e. The predicted molar refractivity (Wildman–Crippen MR) is 107 cm³/mol. The monoisotopic (exact) mass is 431 g/mol. The number of aliphatic imine (C=N–C) groups is 1. The van der Waals surface area contributed by atoms with Gasteiger partial charge in [-0.05, 0) is 45.4 Å². The third-order valence-electron chi connectivity index (χ3n) is 4.10. The molecule has 2 heterocycles. The average Bonchev–Trinajstić information content (AvgIpc) is 2.55. The Morgan fingerprint density at radius 2 is 2.22 bits per heavy atom. The first-order chi connectivity index (χ1) is 10.8. The van der Waals surface area contributed by atoms with Gasteiger partial charge in [0, 0.05) is 31.9 Å². The van der Waals surface area contributed by atoms with Gasteiger partial charge in [0.15, 0.2) is 5.96 Å². The zero-order valence-electron chi connectivity index (χ0n) is 14.3. The van der Waals surface area contributed by atoms with E-state index in [1.807, 2.05) is 24.4 Å². The third kappa shape index (κ3) is 7.48. The molecule has 1 saturated heterocycles. The minimum atomic E-state index is 0. The third-order valence-corrected chi connectivity index (χ3v) is 4.10. The number of nitrogens with one attached hydrogen (secondary N) is 2. The lowest BCUT2D eigenvalue weighted by Crippen LogP contribution is -2.45. The summed E-state index contributed by atoms with van der Waals surface area (Å²) < 4.78 is 0. The summed E-state index contributed by atoms with van der Waals surface area (Å²) in [6.45, 7) is 9.13. The van der Waals surface area contributed by atoms with E-state index in [2.05, 4.69) is 39.4 Å². The van der Waals surface area contributed by atoms with Crippen LogP contribution in [0, 0.1) is 0 Å². The lowest BCUT2D eigenvalue weighted by Gasteiger charge is -2.33. The zero-order chi connectivity index (χ0) is 15.6. The van der Waals surface area contributed by atoms with Crippen LogP contribution >= 0.6 is 24.0 Å². The number of nitrogens with zero attached hydrogens (tertiary/aromatic N) is 3. The molecule has 6 heteroatoms. The van der Waals surface area contributed by atoms with Gasteiger partial charge in [0.05, 0.1) is 12.2 Å². The number of pyridine rings is 1. The first kappa shape index (κ1) is 20.2. The van der Waals surface area contributed by atoms with Crippen molar-refractivity contribution in [3.63, 3.8) is 0 Å². The maximum atomic E-state index is 4.60. The molecule has 1 aliphatic rings. The summed E-state index contributed by atoms with van der Waals surface area (Å²) in [6.07, 6.45) is 5.84. The molecule has 1 aliphatic heterocycles. The predicted octanol–water partition coefficient (Wildman–Crippen LogP) is 2.63. The van der Waals surface area contributed by atoms with Gasteiger partial charge in [0.25, 0.3) is 0 Å². The van der Waals surface area contributed by atoms with E-state index in [0.717, 1.165) is 31.3 Å². The maximum Gasteiger partial charge on any atom is 0.191 e. The zero-order valence-corrected chi connectivity index (χ0v) is 16.6. The molecule has 0 aliphatic carbocycles. The quantitative estimate of drug-likeness (QED) is 0.413.